The lowest BCUT2D eigenvalue weighted by atomic mass is 10.1. The molecule has 17 heavy (non-hydrogen) atoms. The van der Waals surface area contributed by atoms with Gasteiger partial charge < -0.3 is 15.6 Å². The zero-order valence-corrected chi connectivity index (χ0v) is 9.87. The van der Waals surface area contributed by atoms with Gasteiger partial charge in [-0.2, -0.15) is 0 Å². The molecule has 0 bridgehead atoms. The van der Waals surface area contributed by atoms with Gasteiger partial charge in [0.1, 0.15) is 0 Å². The van der Waals surface area contributed by atoms with Gasteiger partial charge in [-0.05, 0) is 44.5 Å². The van der Waals surface area contributed by atoms with Crippen LogP contribution in [0.25, 0.3) is 11.0 Å². The molecule has 1 unspecified atom stereocenters. The molecule has 1 fully saturated rings. The van der Waals surface area contributed by atoms with Crippen molar-refractivity contribution < 1.29 is 0 Å². The highest BCUT2D eigenvalue weighted by molar-refractivity contribution is 5.77. The van der Waals surface area contributed by atoms with Crippen molar-refractivity contribution in [3.05, 3.63) is 24.3 Å². The Morgan fingerprint density at radius 1 is 1.18 bits per heavy atom. The van der Waals surface area contributed by atoms with Crippen LogP contribution in [0.15, 0.2) is 24.3 Å². The largest absolute Gasteiger partial charge is 0.353 e. The van der Waals surface area contributed by atoms with Crippen molar-refractivity contribution in [2.45, 2.75) is 25.3 Å². The molecule has 4 nitrogen and oxygen atoms in total. The van der Waals surface area contributed by atoms with Gasteiger partial charge in [-0.25, -0.2) is 4.98 Å². The minimum absolute atomic E-state index is 0.533. The summed E-state index contributed by atoms with van der Waals surface area (Å²) in [6.45, 7) is 2.23. The number of nitrogens with one attached hydrogen (secondary N) is 3. The minimum Gasteiger partial charge on any atom is -0.353 e. The number of imidazole rings is 1. The molecular formula is C13H18N4. The highest BCUT2D eigenvalue weighted by Gasteiger charge is 2.12. The normalized spacial score (nSPS) is 21.3. The fourth-order valence-corrected chi connectivity index (χ4v) is 2.38. The second-order valence-corrected chi connectivity index (χ2v) is 4.62. The molecule has 1 atom stereocenters. The number of aromatic amines is 1. The number of aromatic nitrogens is 2. The number of nitrogens with zero attached hydrogens (tertiary/aromatic N) is 1. The van der Waals surface area contributed by atoms with E-state index < -0.39 is 0 Å². The fourth-order valence-electron chi connectivity index (χ4n) is 2.38. The fraction of sp³-hybridized carbons (Fsp3) is 0.462. The van der Waals surface area contributed by atoms with Crippen LogP contribution in [0.5, 0.6) is 0 Å². The lowest BCUT2D eigenvalue weighted by molar-refractivity contribution is 0.633. The van der Waals surface area contributed by atoms with Crippen LogP contribution >= 0.6 is 0 Å². The van der Waals surface area contributed by atoms with Gasteiger partial charge in [-0.1, -0.05) is 12.1 Å². The number of anilines is 1. The molecule has 1 aliphatic heterocycles. The summed E-state index contributed by atoms with van der Waals surface area (Å²) in [7, 11) is 0. The van der Waals surface area contributed by atoms with E-state index in [1.54, 1.807) is 0 Å². The first-order valence-electron chi connectivity index (χ1n) is 6.34. The summed E-state index contributed by atoms with van der Waals surface area (Å²) >= 11 is 0. The third-order valence-corrected chi connectivity index (χ3v) is 3.31. The number of para-hydroxylation sites is 2. The third kappa shape index (κ3) is 2.42. The van der Waals surface area contributed by atoms with Crippen LogP contribution in [-0.4, -0.2) is 29.1 Å². The Labute approximate surface area is 101 Å². The molecule has 0 amide bonds. The van der Waals surface area contributed by atoms with Crippen LogP contribution in [0, 0.1) is 0 Å². The van der Waals surface area contributed by atoms with Crippen LogP contribution in [0.1, 0.15) is 19.3 Å². The number of benzene rings is 1. The van der Waals surface area contributed by atoms with Gasteiger partial charge in [-0.3, -0.25) is 0 Å². The third-order valence-electron chi connectivity index (χ3n) is 3.31. The standard InChI is InChI=1S/C13H18N4/c1-2-6-12-11(5-1)16-13(17-12)15-10-4-3-8-14-9-7-10/h1-2,5-6,10,14H,3-4,7-9H2,(H2,15,16,17). The molecule has 0 spiro atoms. The van der Waals surface area contributed by atoms with Crippen molar-refractivity contribution in [1.29, 1.82) is 0 Å². The molecule has 0 aliphatic carbocycles. The second-order valence-electron chi connectivity index (χ2n) is 4.62. The highest BCUT2D eigenvalue weighted by Crippen LogP contribution is 2.16. The van der Waals surface area contributed by atoms with Crippen LogP contribution < -0.4 is 10.6 Å². The summed E-state index contributed by atoms with van der Waals surface area (Å²) in [5.41, 5.74) is 2.13. The number of hydrogen-bond acceptors (Lipinski definition) is 3. The lowest BCUT2D eigenvalue weighted by Gasteiger charge is -2.14. The van der Waals surface area contributed by atoms with E-state index >= 15 is 0 Å². The van der Waals surface area contributed by atoms with Gasteiger partial charge in [-0.15, -0.1) is 0 Å². The van der Waals surface area contributed by atoms with Gasteiger partial charge in [0.2, 0.25) is 5.95 Å². The van der Waals surface area contributed by atoms with E-state index in [1.165, 1.54) is 12.8 Å². The Hall–Kier alpha value is -1.55. The Bertz CT molecular complexity index is 450. The predicted octanol–water partition coefficient (Wildman–Crippen LogP) is 2.12. The summed E-state index contributed by atoms with van der Waals surface area (Å²) in [5.74, 6) is 0.901. The number of fused-ring (bicyclic) bond motifs is 1. The SMILES string of the molecule is c1ccc2[nH]c(NC3CCCNCC3)nc2c1. The van der Waals surface area contributed by atoms with E-state index in [9.17, 15) is 0 Å². The summed E-state index contributed by atoms with van der Waals surface area (Å²) < 4.78 is 0. The van der Waals surface area contributed by atoms with Crippen molar-refractivity contribution in [2.75, 3.05) is 18.4 Å². The van der Waals surface area contributed by atoms with Crippen LogP contribution in [0.4, 0.5) is 5.95 Å². The molecule has 1 aliphatic rings. The Morgan fingerprint density at radius 3 is 3.06 bits per heavy atom. The summed E-state index contributed by atoms with van der Waals surface area (Å²) in [5, 5.41) is 6.92. The molecule has 1 saturated heterocycles. The van der Waals surface area contributed by atoms with E-state index in [-0.39, 0.29) is 0 Å². The maximum Gasteiger partial charge on any atom is 0.201 e. The van der Waals surface area contributed by atoms with Gasteiger partial charge in [0.05, 0.1) is 11.0 Å². The average molecular weight is 230 g/mol. The van der Waals surface area contributed by atoms with Gasteiger partial charge in [0.25, 0.3) is 0 Å². The van der Waals surface area contributed by atoms with E-state index in [1.807, 2.05) is 18.2 Å². The minimum atomic E-state index is 0.533. The zero-order chi connectivity index (χ0) is 11.5. The topological polar surface area (TPSA) is 52.7 Å². The molecule has 2 aromatic rings. The van der Waals surface area contributed by atoms with Crippen LogP contribution in [-0.2, 0) is 0 Å². The van der Waals surface area contributed by atoms with Crippen LogP contribution in [0.2, 0.25) is 0 Å². The van der Waals surface area contributed by atoms with E-state index in [0.29, 0.717) is 6.04 Å². The number of rotatable bonds is 2. The molecule has 1 aromatic carbocycles. The van der Waals surface area contributed by atoms with Crippen molar-refractivity contribution in [3.63, 3.8) is 0 Å². The van der Waals surface area contributed by atoms with Gasteiger partial charge >= 0.3 is 0 Å². The Kier molecular flexibility index (Phi) is 2.96. The zero-order valence-electron chi connectivity index (χ0n) is 9.87. The maximum atomic E-state index is 4.55. The molecule has 4 heteroatoms. The smallest absolute Gasteiger partial charge is 0.201 e. The van der Waals surface area contributed by atoms with Gasteiger partial charge in [0.15, 0.2) is 0 Å². The quantitative estimate of drug-likeness (QED) is 0.740. The lowest BCUT2D eigenvalue weighted by Crippen LogP contribution is -2.22. The molecular weight excluding hydrogens is 212 g/mol. The highest BCUT2D eigenvalue weighted by atomic mass is 15.1. The summed E-state index contributed by atoms with van der Waals surface area (Å²) in [6, 6.07) is 8.67. The molecule has 0 saturated carbocycles. The molecule has 0 radical (unpaired) electrons. The Morgan fingerprint density at radius 2 is 2.12 bits per heavy atom. The van der Waals surface area contributed by atoms with E-state index in [4.69, 9.17) is 0 Å². The molecule has 1 aromatic heterocycles. The monoisotopic (exact) mass is 230 g/mol. The second kappa shape index (κ2) is 4.75. The van der Waals surface area contributed by atoms with Crippen LogP contribution in [0.3, 0.4) is 0 Å². The predicted molar refractivity (Wildman–Crippen MR) is 70.2 cm³/mol. The van der Waals surface area contributed by atoms with E-state index in [0.717, 1.165) is 36.5 Å². The first-order valence-corrected chi connectivity index (χ1v) is 6.34. The van der Waals surface area contributed by atoms with E-state index in [2.05, 4.69) is 26.7 Å². The van der Waals surface area contributed by atoms with Crippen molar-refractivity contribution in [2.24, 2.45) is 0 Å². The van der Waals surface area contributed by atoms with Crippen molar-refractivity contribution in [1.82, 2.24) is 15.3 Å². The Balaban J connectivity index is 1.75. The molecule has 3 rings (SSSR count). The van der Waals surface area contributed by atoms with Crippen molar-refractivity contribution in [3.8, 4) is 0 Å². The molecule has 2 heterocycles. The summed E-state index contributed by atoms with van der Waals surface area (Å²) in [6.07, 6.45) is 3.61. The first kappa shape index (κ1) is 10.6. The van der Waals surface area contributed by atoms with Gasteiger partial charge in [0, 0.05) is 6.04 Å². The molecule has 90 valence electrons. The summed E-state index contributed by atoms with van der Waals surface area (Å²) in [4.78, 5) is 7.87. The number of H-pyrrole nitrogens is 1. The maximum absolute atomic E-state index is 4.55. The average Bonchev–Trinajstić information content (AvgIpc) is 2.57. The molecule has 3 N–H and O–H groups in total. The van der Waals surface area contributed by atoms with Crippen molar-refractivity contribution >= 4 is 17.0 Å². The number of hydrogen-bond donors (Lipinski definition) is 3. The first-order chi connectivity index (χ1) is 8.42.